The van der Waals surface area contributed by atoms with E-state index in [1.165, 1.54) is 5.57 Å². The first-order chi connectivity index (χ1) is 4.70. The number of hydrogen-bond acceptors (Lipinski definition) is 2. The van der Waals surface area contributed by atoms with Crippen LogP contribution in [0.15, 0.2) is 11.8 Å². The Morgan fingerprint density at radius 2 is 2.40 bits per heavy atom. The van der Waals surface area contributed by atoms with Gasteiger partial charge in [0.15, 0.2) is 0 Å². The molecule has 0 aromatic carbocycles. The van der Waals surface area contributed by atoms with Gasteiger partial charge in [-0.2, -0.15) is 0 Å². The number of aliphatic hydroxyl groups excluding tert-OH is 1. The Morgan fingerprint density at radius 3 is 2.80 bits per heavy atom. The van der Waals surface area contributed by atoms with Crippen molar-refractivity contribution in [1.82, 2.24) is 4.90 Å². The predicted octanol–water partition coefficient (Wildman–Crippen LogP) is 0.400. The SMILES string of the molecule is CC1C2C3=CN(C)C(O)[C@@]312. The first-order valence-electron chi connectivity index (χ1n) is 3.83. The van der Waals surface area contributed by atoms with E-state index in [-0.39, 0.29) is 11.6 Å². The molecule has 3 aliphatic rings. The third-order valence-electron chi connectivity index (χ3n) is 3.57. The summed E-state index contributed by atoms with van der Waals surface area (Å²) in [7, 11) is 1.95. The minimum absolute atomic E-state index is 0.206. The maximum atomic E-state index is 9.65. The van der Waals surface area contributed by atoms with E-state index in [1.807, 2.05) is 11.9 Å². The van der Waals surface area contributed by atoms with E-state index in [0.717, 1.165) is 11.8 Å². The smallest absolute Gasteiger partial charge is 0.136 e. The van der Waals surface area contributed by atoms with E-state index < -0.39 is 0 Å². The summed E-state index contributed by atoms with van der Waals surface area (Å²) >= 11 is 0. The zero-order valence-corrected chi connectivity index (χ0v) is 6.20. The van der Waals surface area contributed by atoms with E-state index in [9.17, 15) is 5.11 Å². The standard InChI is InChI=1S/C8H11NO/c1-4-6-5-3-9(2)7(10)8(4,5)6/h3-4,6-7,10H,1-2H3/t4?,6?,7?,8-/m1/s1. The lowest BCUT2D eigenvalue weighted by atomic mass is 10.0. The first-order valence-corrected chi connectivity index (χ1v) is 3.83. The highest BCUT2D eigenvalue weighted by Crippen LogP contribution is 2.87. The Balaban J connectivity index is 2.04. The Morgan fingerprint density at radius 1 is 1.70 bits per heavy atom. The summed E-state index contributed by atoms with van der Waals surface area (Å²) in [6, 6.07) is 0. The van der Waals surface area contributed by atoms with Crippen LogP contribution in [0.5, 0.6) is 0 Å². The molecule has 0 saturated heterocycles. The Bertz CT molecular complexity index is 248. The number of hydrogen-bond donors (Lipinski definition) is 1. The molecular weight excluding hydrogens is 126 g/mol. The Hall–Kier alpha value is -0.500. The fourth-order valence-electron chi connectivity index (χ4n) is 2.80. The summed E-state index contributed by atoms with van der Waals surface area (Å²) in [5.74, 6) is 1.51. The van der Waals surface area contributed by atoms with Crippen LogP contribution in [0.25, 0.3) is 0 Å². The molecule has 2 heteroatoms. The van der Waals surface area contributed by atoms with Gasteiger partial charge in [-0.05, 0) is 17.4 Å². The Labute approximate surface area is 60.1 Å². The highest BCUT2D eigenvalue weighted by Gasteiger charge is 2.86. The van der Waals surface area contributed by atoms with E-state index in [0.29, 0.717) is 0 Å². The number of rotatable bonds is 0. The second kappa shape index (κ2) is 1.03. The molecule has 0 bridgehead atoms. The summed E-state index contributed by atoms with van der Waals surface area (Å²) < 4.78 is 0. The molecule has 1 heterocycles. The second-order valence-corrected chi connectivity index (χ2v) is 3.82. The van der Waals surface area contributed by atoms with Gasteiger partial charge in [-0.25, -0.2) is 0 Å². The molecular formula is C8H11NO. The molecule has 0 radical (unpaired) electrons. The molecule has 2 aliphatic carbocycles. The van der Waals surface area contributed by atoms with Crippen molar-refractivity contribution in [2.24, 2.45) is 17.3 Å². The Kier molecular flexibility index (Phi) is 0.537. The van der Waals surface area contributed by atoms with Crippen molar-refractivity contribution in [3.05, 3.63) is 11.8 Å². The normalized spacial score (nSPS) is 61.3. The van der Waals surface area contributed by atoms with Crippen molar-refractivity contribution in [1.29, 1.82) is 0 Å². The maximum Gasteiger partial charge on any atom is 0.136 e. The van der Waals surface area contributed by atoms with Gasteiger partial charge in [-0.15, -0.1) is 0 Å². The maximum absolute atomic E-state index is 9.65. The summed E-state index contributed by atoms with van der Waals surface area (Å²) in [5, 5.41) is 9.65. The van der Waals surface area contributed by atoms with E-state index in [1.54, 1.807) is 0 Å². The zero-order chi connectivity index (χ0) is 7.09. The van der Waals surface area contributed by atoms with Crippen LogP contribution in [0.3, 0.4) is 0 Å². The van der Waals surface area contributed by atoms with Gasteiger partial charge < -0.3 is 10.0 Å². The van der Waals surface area contributed by atoms with Gasteiger partial charge in [-0.1, -0.05) is 6.92 Å². The molecule has 10 heavy (non-hydrogen) atoms. The molecule has 1 N–H and O–H groups in total. The summed E-state index contributed by atoms with van der Waals surface area (Å²) in [6.07, 6.45) is 1.90. The van der Waals surface area contributed by atoms with Crippen molar-refractivity contribution in [3.8, 4) is 0 Å². The molecule has 2 fully saturated rings. The second-order valence-electron chi connectivity index (χ2n) is 3.82. The van der Waals surface area contributed by atoms with E-state index in [4.69, 9.17) is 0 Å². The summed E-state index contributed by atoms with van der Waals surface area (Å²) in [4.78, 5) is 1.93. The minimum atomic E-state index is -0.206. The van der Waals surface area contributed by atoms with Crippen LogP contribution in [0.2, 0.25) is 0 Å². The van der Waals surface area contributed by atoms with Gasteiger partial charge in [0.25, 0.3) is 0 Å². The molecule has 1 spiro atoms. The van der Waals surface area contributed by atoms with Gasteiger partial charge in [0, 0.05) is 18.7 Å². The van der Waals surface area contributed by atoms with Crippen molar-refractivity contribution in [2.75, 3.05) is 7.05 Å². The minimum Gasteiger partial charge on any atom is -0.373 e. The van der Waals surface area contributed by atoms with Gasteiger partial charge in [0.1, 0.15) is 6.23 Å². The lowest BCUT2D eigenvalue weighted by Gasteiger charge is -2.18. The van der Waals surface area contributed by atoms with E-state index >= 15 is 0 Å². The summed E-state index contributed by atoms with van der Waals surface area (Å²) in [5.41, 5.74) is 1.75. The lowest BCUT2D eigenvalue weighted by Crippen LogP contribution is -2.28. The van der Waals surface area contributed by atoms with E-state index in [2.05, 4.69) is 13.1 Å². The highest BCUT2D eigenvalue weighted by atomic mass is 16.3. The fourth-order valence-corrected chi connectivity index (χ4v) is 2.80. The molecule has 1 aliphatic heterocycles. The molecule has 2 nitrogen and oxygen atoms in total. The van der Waals surface area contributed by atoms with Gasteiger partial charge >= 0.3 is 0 Å². The van der Waals surface area contributed by atoms with Crippen molar-refractivity contribution >= 4 is 0 Å². The fraction of sp³-hybridized carbons (Fsp3) is 0.750. The third-order valence-corrected chi connectivity index (χ3v) is 3.57. The lowest BCUT2D eigenvalue weighted by molar-refractivity contribution is 0.0277. The molecule has 0 amide bonds. The third kappa shape index (κ3) is 0.251. The topological polar surface area (TPSA) is 23.5 Å². The van der Waals surface area contributed by atoms with Crippen LogP contribution in [-0.4, -0.2) is 23.3 Å². The zero-order valence-electron chi connectivity index (χ0n) is 6.20. The molecule has 4 atom stereocenters. The predicted molar refractivity (Wildman–Crippen MR) is 36.9 cm³/mol. The van der Waals surface area contributed by atoms with Gasteiger partial charge in [-0.3, -0.25) is 0 Å². The molecule has 3 unspecified atom stereocenters. The van der Waals surface area contributed by atoms with Crippen molar-refractivity contribution in [2.45, 2.75) is 13.2 Å². The van der Waals surface area contributed by atoms with Gasteiger partial charge in [0.2, 0.25) is 0 Å². The summed E-state index contributed by atoms with van der Waals surface area (Å²) in [6.45, 7) is 2.23. The largest absolute Gasteiger partial charge is 0.373 e. The molecule has 0 aromatic rings. The van der Waals surface area contributed by atoms with Crippen molar-refractivity contribution in [3.63, 3.8) is 0 Å². The van der Waals surface area contributed by atoms with Gasteiger partial charge in [0.05, 0.1) is 0 Å². The van der Waals surface area contributed by atoms with Crippen LogP contribution in [-0.2, 0) is 0 Å². The molecule has 54 valence electrons. The highest BCUT2D eigenvalue weighted by molar-refractivity contribution is 5.57. The number of fused-ring (bicyclic) bond motifs is 1. The van der Waals surface area contributed by atoms with Crippen molar-refractivity contribution < 1.29 is 5.11 Å². The monoisotopic (exact) mass is 137 g/mol. The first kappa shape index (κ1) is 5.19. The van der Waals surface area contributed by atoms with Crippen LogP contribution < -0.4 is 0 Å². The molecule has 3 rings (SSSR count). The average Bonchev–Trinajstić information content (AvgIpc) is 2.71. The van der Waals surface area contributed by atoms with Crippen LogP contribution >= 0.6 is 0 Å². The van der Waals surface area contributed by atoms with Crippen LogP contribution in [0.1, 0.15) is 6.92 Å². The molecule has 0 aromatic heterocycles. The number of aliphatic hydroxyl groups is 1. The molecule has 2 saturated carbocycles. The average molecular weight is 137 g/mol. The van der Waals surface area contributed by atoms with Crippen LogP contribution in [0, 0.1) is 17.3 Å². The quantitative estimate of drug-likeness (QED) is 0.522. The number of nitrogens with zero attached hydrogens (tertiary/aromatic N) is 1. The van der Waals surface area contributed by atoms with Crippen LogP contribution in [0.4, 0.5) is 0 Å².